The van der Waals surface area contributed by atoms with Crippen LogP contribution < -0.4 is 4.57 Å². The molecule has 0 saturated carbocycles. The quantitative estimate of drug-likeness (QED) is 0.190. The maximum absolute atomic E-state index is 10.5. The van der Waals surface area contributed by atoms with Crippen LogP contribution in [0.4, 0.5) is 0 Å². The maximum Gasteiger partial charge on any atom is 0.244 e. The summed E-state index contributed by atoms with van der Waals surface area (Å²) >= 11 is 13.9. The molecule has 1 atom stereocenters. The van der Waals surface area contributed by atoms with Crippen LogP contribution in [0.5, 0.6) is 0 Å². The van der Waals surface area contributed by atoms with Gasteiger partial charge in [0.05, 0.1) is 5.09 Å². The summed E-state index contributed by atoms with van der Waals surface area (Å²) in [6, 6.07) is 24.1. The van der Waals surface area contributed by atoms with Gasteiger partial charge in [-0.2, -0.15) is 0 Å². The van der Waals surface area contributed by atoms with Crippen LogP contribution in [0.25, 0.3) is 0 Å². The highest BCUT2D eigenvalue weighted by Crippen LogP contribution is 2.28. The Balaban J connectivity index is 0.000000751. The molecule has 3 aromatic carbocycles. The molecule has 0 aliphatic carbocycles. The van der Waals surface area contributed by atoms with Crippen LogP contribution in [0.15, 0.2) is 101 Å². The van der Waals surface area contributed by atoms with Gasteiger partial charge in [0.1, 0.15) is 31.6 Å². The molecule has 0 radical (unpaired) electrons. The molecular formula is C24H21Cl2N3O4S. The number of imidazole rings is 1. The second-order valence-corrected chi connectivity index (χ2v) is 9.24. The van der Waals surface area contributed by atoms with Crippen LogP contribution in [-0.2, 0) is 13.1 Å². The molecule has 1 N–H and O–H groups in total. The summed E-state index contributed by atoms with van der Waals surface area (Å²) in [5.41, 5.74) is 1.89. The first kappa shape index (κ1) is 25.6. The third-order valence-electron chi connectivity index (χ3n) is 4.72. The van der Waals surface area contributed by atoms with E-state index in [9.17, 15) is 5.11 Å². The monoisotopic (exact) mass is 517 g/mol. The van der Waals surface area contributed by atoms with Crippen molar-refractivity contribution in [2.75, 3.05) is 0 Å². The summed E-state index contributed by atoms with van der Waals surface area (Å²) < 4.78 is 4.05. The predicted molar refractivity (Wildman–Crippen MR) is 133 cm³/mol. The Morgan fingerprint density at radius 1 is 1.00 bits per heavy atom. The van der Waals surface area contributed by atoms with Crippen molar-refractivity contribution >= 4 is 35.0 Å². The summed E-state index contributed by atoms with van der Waals surface area (Å²) in [5.74, 6) is 0. The zero-order valence-electron chi connectivity index (χ0n) is 17.8. The second kappa shape index (κ2) is 12.4. The Labute approximate surface area is 210 Å². The molecule has 0 bridgehead atoms. The number of hydrogen-bond donors (Lipinski definition) is 1. The lowest BCUT2D eigenvalue weighted by atomic mass is 10.1. The van der Waals surface area contributed by atoms with Crippen LogP contribution in [0.2, 0.25) is 10.0 Å². The first-order valence-electron chi connectivity index (χ1n) is 10.1. The number of aliphatic hydroxyl groups is 1. The number of rotatable bonds is 7. The fourth-order valence-corrected chi connectivity index (χ4v) is 4.58. The molecule has 0 amide bonds. The number of aliphatic hydroxyl groups excluding tert-OH is 1. The molecule has 4 aromatic rings. The number of benzene rings is 3. The molecule has 1 heterocycles. The first-order chi connectivity index (χ1) is 16.3. The van der Waals surface area contributed by atoms with Crippen LogP contribution in [-0.4, -0.2) is 14.8 Å². The number of nitrogens with zero attached hydrogens (tertiary/aromatic N) is 3. The molecule has 0 aliphatic heterocycles. The van der Waals surface area contributed by atoms with Crippen molar-refractivity contribution in [1.82, 2.24) is 4.57 Å². The lowest BCUT2D eigenvalue weighted by Gasteiger charge is -2.10. The van der Waals surface area contributed by atoms with Gasteiger partial charge in [0.15, 0.2) is 0 Å². The van der Waals surface area contributed by atoms with E-state index in [1.807, 2.05) is 29.4 Å². The van der Waals surface area contributed by atoms with Crippen molar-refractivity contribution in [3.8, 4) is 0 Å². The minimum Gasteiger partial charge on any atom is -0.384 e. The van der Waals surface area contributed by atoms with Gasteiger partial charge in [0.25, 0.3) is 0 Å². The van der Waals surface area contributed by atoms with Gasteiger partial charge in [0.2, 0.25) is 6.33 Å². The molecular weight excluding hydrogens is 497 g/mol. The van der Waals surface area contributed by atoms with E-state index >= 15 is 0 Å². The fourth-order valence-electron chi connectivity index (χ4n) is 3.21. The Hall–Kier alpha value is -3.04. The van der Waals surface area contributed by atoms with E-state index in [2.05, 4.69) is 53.1 Å². The maximum atomic E-state index is 10.5. The van der Waals surface area contributed by atoms with Gasteiger partial charge in [0, 0.05) is 25.4 Å². The molecule has 0 aliphatic rings. The van der Waals surface area contributed by atoms with E-state index in [0.717, 1.165) is 6.54 Å². The van der Waals surface area contributed by atoms with Crippen LogP contribution >= 0.6 is 35.0 Å². The van der Waals surface area contributed by atoms with Crippen LogP contribution in [0, 0.1) is 15.3 Å². The number of hydrogen-bond acceptors (Lipinski definition) is 5. The van der Waals surface area contributed by atoms with Crippen molar-refractivity contribution < 1.29 is 14.8 Å². The fraction of sp³-hybridized carbons (Fsp3) is 0.125. The third-order valence-corrected chi connectivity index (χ3v) is 6.30. The zero-order chi connectivity index (χ0) is 24.5. The van der Waals surface area contributed by atoms with Gasteiger partial charge >= 0.3 is 0 Å². The summed E-state index contributed by atoms with van der Waals surface area (Å²) in [6.07, 6.45) is 5.24. The minimum absolute atomic E-state index is 0.418. The molecule has 0 saturated heterocycles. The van der Waals surface area contributed by atoms with Crippen molar-refractivity contribution in [3.05, 3.63) is 128 Å². The summed E-state index contributed by atoms with van der Waals surface area (Å²) in [7, 11) is 0. The zero-order valence-corrected chi connectivity index (χ0v) is 20.2. The van der Waals surface area contributed by atoms with Gasteiger partial charge < -0.3 is 20.4 Å². The minimum atomic E-state index is -1.75. The number of halogens is 2. The predicted octanol–water partition coefficient (Wildman–Crippen LogP) is 5.78. The summed E-state index contributed by atoms with van der Waals surface area (Å²) in [4.78, 5) is 10.7. The second-order valence-electron chi connectivity index (χ2n) is 7.25. The normalized spacial score (nSPS) is 11.4. The highest BCUT2D eigenvalue weighted by atomic mass is 35.5. The standard InChI is InChI=1S/C24H21Cl2N2OS.NO3/c25-19-8-11-22(23(26)14-19)24(29)16-28-13-12-27(17-28)15-18-6-9-21(10-7-18)30-20-4-2-1-3-5-20;2-1(3)4/h1-14,17,24,29H,15-16H2;/q+1;-1. The molecule has 34 heavy (non-hydrogen) atoms. The molecule has 176 valence electrons. The topological polar surface area (TPSA) is 95.2 Å². The Bertz CT molecular complexity index is 1220. The molecule has 10 heteroatoms. The van der Waals surface area contributed by atoms with Crippen molar-refractivity contribution in [3.63, 3.8) is 0 Å². The Morgan fingerprint density at radius 3 is 2.29 bits per heavy atom. The van der Waals surface area contributed by atoms with Gasteiger partial charge in [-0.25, -0.2) is 9.13 Å². The lowest BCUT2D eigenvalue weighted by molar-refractivity contribution is -0.687. The van der Waals surface area contributed by atoms with Crippen molar-refractivity contribution in [2.45, 2.75) is 29.0 Å². The highest BCUT2D eigenvalue weighted by molar-refractivity contribution is 7.99. The van der Waals surface area contributed by atoms with E-state index < -0.39 is 11.2 Å². The van der Waals surface area contributed by atoms with E-state index in [0.29, 0.717) is 22.2 Å². The van der Waals surface area contributed by atoms with Gasteiger partial charge in [-0.3, -0.25) is 0 Å². The van der Waals surface area contributed by atoms with Gasteiger partial charge in [-0.15, -0.1) is 0 Å². The molecule has 7 nitrogen and oxygen atoms in total. The van der Waals surface area contributed by atoms with Crippen molar-refractivity contribution in [1.29, 1.82) is 0 Å². The molecule has 4 rings (SSSR count). The van der Waals surface area contributed by atoms with Crippen LogP contribution in [0.3, 0.4) is 0 Å². The van der Waals surface area contributed by atoms with Gasteiger partial charge in [-0.1, -0.05) is 71.4 Å². The average Bonchev–Trinajstić information content (AvgIpc) is 3.22. The summed E-state index contributed by atoms with van der Waals surface area (Å²) in [6.45, 7) is 1.18. The molecule has 0 fully saturated rings. The molecule has 0 spiro atoms. The van der Waals surface area contributed by atoms with Crippen LogP contribution in [0.1, 0.15) is 17.2 Å². The first-order valence-corrected chi connectivity index (χ1v) is 11.7. The largest absolute Gasteiger partial charge is 0.384 e. The van der Waals surface area contributed by atoms with Crippen molar-refractivity contribution in [2.24, 2.45) is 0 Å². The average molecular weight is 518 g/mol. The van der Waals surface area contributed by atoms with Gasteiger partial charge in [-0.05, 0) is 42.0 Å². The van der Waals surface area contributed by atoms with E-state index in [-0.39, 0.29) is 0 Å². The lowest BCUT2D eigenvalue weighted by Crippen LogP contribution is -2.31. The SMILES string of the molecule is O=[N+]([O-])[O-].OC(Cn1cc[n+](Cc2ccc(Sc3ccccc3)cc2)c1)c1ccc(Cl)cc1Cl. The van der Waals surface area contributed by atoms with E-state index in [4.69, 9.17) is 38.5 Å². The molecule has 1 unspecified atom stereocenters. The third kappa shape index (κ3) is 8.07. The molecule has 1 aromatic heterocycles. The Morgan fingerprint density at radius 2 is 1.65 bits per heavy atom. The smallest absolute Gasteiger partial charge is 0.244 e. The summed E-state index contributed by atoms with van der Waals surface area (Å²) in [5, 5.41) is 26.3. The highest BCUT2D eigenvalue weighted by Gasteiger charge is 2.16. The van der Waals surface area contributed by atoms with E-state index in [1.54, 1.807) is 30.0 Å². The number of aromatic nitrogens is 2. The van der Waals surface area contributed by atoms with E-state index in [1.165, 1.54) is 15.4 Å². The Kier molecular flexibility index (Phi) is 9.35.